The topological polar surface area (TPSA) is 63.9 Å². The molecule has 0 fully saturated rings. The molecule has 0 saturated carbocycles. The van der Waals surface area contributed by atoms with Crippen LogP contribution in [0, 0.1) is 0 Å². The molecule has 3 N–H and O–H groups in total. The fourth-order valence-corrected chi connectivity index (χ4v) is 1.43. The number of aromatic nitrogens is 2. The predicted octanol–water partition coefficient (Wildman–Crippen LogP) is 1.81. The predicted molar refractivity (Wildman–Crippen MR) is 59.1 cm³/mol. The minimum Gasteiger partial charge on any atom is -0.382 e. The molecule has 0 radical (unpaired) electrons. The van der Waals surface area contributed by atoms with Crippen LogP contribution in [0.1, 0.15) is 5.56 Å². The van der Waals surface area contributed by atoms with Gasteiger partial charge in [-0.25, -0.2) is 0 Å². The first-order valence-corrected chi connectivity index (χ1v) is 4.69. The van der Waals surface area contributed by atoms with Gasteiger partial charge in [-0.1, -0.05) is 24.3 Å². The average molecular weight is 203 g/mol. The molecule has 1 aromatic heterocycles. The van der Waals surface area contributed by atoms with Gasteiger partial charge in [0, 0.05) is 13.2 Å². The maximum Gasteiger partial charge on any atom is 0.145 e. The van der Waals surface area contributed by atoms with E-state index in [1.807, 2.05) is 30.3 Å². The third kappa shape index (κ3) is 2.16. The highest BCUT2D eigenvalue weighted by Crippen LogP contribution is 2.19. The van der Waals surface area contributed by atoms with Crippen molar-refractivity contribution in [3.63, 3.8) is 0 Å². The van der Waals surface area contributed by atoms with E-state index < -0.39 is 0 Å². The van der Waals surface area contributed by atoms with Gasteiger partial charge in [-0.3, -0.25) is 5.10 Å². The number of anilines is 1. The Labute approximate surface area is 88.1 Å². The van der Waals surface area contributed by atoms with Gasteiger partial charge >= 0.3 is 0 Å². The summed E-state index contributed by atoms with van der Waals surface area (Å²) in [5.74, 6) is 0.506. The summed E-state index contributed by atoms with van der Waals surface area (Å²) in [5, 5.41) is 6.75. The molecule has 4 nitrogen and oxygen atoms in total. The molecule has 0 spiro atoms. The number of ether oxygens (including phenoxy) is 1. The standard InChI is InChI=1S/C11H13N3O/c1-15-7-8-2-4-9(5-3-8)10-6-11(12)14-13-10/h2-6H,7H2,1H3,(H3,12,13,14). The molecule has 0 saturated heterocycles. The van der Waals surface area contributed by atoms with Gasteiger partial charge < -0.3 is 10.5 Å². The van der Waals surface area contributed by atoms with Crippen molar-refractivity contribution in [1.82, 2.24) is 10.2 Å². The van der Waals surface area contributed by atoms with Crippen LogP contribution in [-0.2, 0) is 11.3 Å². The highest BCUT2D eigenvalue weighted by molar-refractivity contribution is 5.62. The number of hydrogen-bond acceptors (Lipinski definition) is 3. The molecule has 0 aliphatic heterocycles. The SMILES string of the molecule is COCc1ccc(-c2cc(N)n[nH]2)cc1. The van der Waals surface area contributed by atoms with Crippen molar-refractivity contribution >= 4 is 5.82 Å². The molecule has 1 aromatic carbocycles. The lowest BCUT2D eigenvalue weighted by atomic mass is 10.1. The lowest BCUT2D eigenvalue weighted by Gasteiger charge is -2.01. The Morgan fingerprint density at radius 1 is 1.33 bits per heavy atom. The summed E-state index contributed by atoms with van der Waals surface area (Å²) in [6.07, 6.45) is 0. The van der Waals surface area contributed by atoms with Crippen molar-refractivity contribution in [3.8, 4) is 11.3 Å². The lowest BCUT2D eigenvalue weighted by molar-refractivity contribution is 0.185. The maximum atomic E-state index is 5.53. The molecule has 15 heavy (non-hydrogen) atoms. The Bertz CT molecular complexity index is 433. The molecule has 4 heteroatoms. The highest BCUT2D eigenvalue weighted by atomic mass is 16.5. The number of benzene rings is 1. The van der Waals surface area contributed by atoms with Crippen LogP contribution in [0.2, 0.25) is 0 Å². The Hall–Kier alpha value is -1.81. The summed E-state index contributed by atoms with van der Waals surface area (Å²) in [6, 6.07) is 9.89. The number of rotatable bonds is 3. The smallest absolute Gasteiger partial charge is 0.145 e. The number of aromatic amines is 1. The van der Waals surface area contributed by atoms with Gasteiger partial charge in [0.15, 0.2) is 0 Å². The molecule has 2 rings (SSSR count). The number of nitrogens with zero attached hydrogens (tertiary/aromatic N) is 1. The summed E-state index contributed by atoms with van der Waals surface area (Å²) in [5.41, 5.74) is 8.67. The van der Waals surface area contributed by atoms with E-state index >= 15 is 0 Å². The first-order chi connectivity index (χ1) is 7.29. The van der Waals surface area contributed by atoms with Crippen LogP contribution in [-0.4, -0.2) is 17.3 Å². The second-order valence-corrected chi connectivity index (χ2v) is 3.34. The largest absolute Gasteiger partial charge is 0.382 e. The van der Waals surface area contributed by atoms with Gasteiger partial charge in [0.25, 0.3) is 0 Å². The summed E-state index contributed by atoms with van der Waals surface area (Å²) in [7, 11) is 1.68. The van der Waals surface area contributed by atoms with E-state index in [2.05, 4.69) is 10.2 Å². The Morgan fingerprint density at radius 3 is 2.60 bits per heavy atom. The number of nitrogens with two attached hydrogens (primary N) is 1. The number of nitrogens with one attached hydrogen (secondary N) is 1. The van der Waals surface area contributed by atoms with E-state index in [-0.39, 0.29) is 0 Å². The van der Waals surface area contributed by atoms with E-state index in [9.17, 15) is 0 Å². The molecule has 0 aliphatic carbocycles. The Morgan fingerprint density at radius 2 is 2.07 bits per heavy atom. The molecule has 2 aromatic rings. The summed E-state index contributed by atoms with van der Waals surface area (Å²) in [4.78, 5) is 0. The van der Waals surface area contributed by atoms with Crippen molar-refractivity contribution in [1.29, 1.82) is 0 Å². The highest BCUT2D eigenvalue weighted by Gasteiger charge is 2.00. The van der Waals surface area contributed by atoms with Crippen LogP contribution in [0.25, 0.3) is 11.3 Å². The van der Waals surface area contributed by atoms with Gasteiger partial charge in [0.1, 0.15) is 5.82 Å². The molecule has 78 valence electrons. The summed E-state index contributed by atoms with van der Waals surface area (Å²) in [6.45, 7) is 0.630. The van der Waals surface area contributed by atoms with Crippen molar-refractivity contribution in [2.75, 3.05) is 12.8 Å². The minimum absolute atomic E-state index is 0.506. The number of hydrogen-bond donors (Lipinski definition) is 2. The van der Waals surface area contributed by atoms with Gasteiger partial charge in [-0.15, -0.1) is 0 Å². The first-order valence-electron chi connectivity index (χ1n) is 4.69. The minimum atomic E-state index is 0.506. The molecule has 0 atom stereocenters. The number of nitrogen functional groups attached to an aromatic ring is 1. The zero-order valence-electron chi connectivity index (χ0n) is 8.53. The molecular formula is C11H13N3O. The zero-order valence-corrected chi connectivity index (χ0v) is 8.53. The Kier molecular flexibility index (Phi) is 2.69. The van der Waals surface area contributed by atoms with Crippen LogP contribution in [0.15, 0.2) is 30.3 Å². The van der Waals surface area contributed by atoms with Crippen LogP contribution >= 0.6 is 0 Å². The molecule has 0 bridgehead atoms. The van der Waals surface area contributed by atoms with E-state index in [0.717, 1.165) is 16.8 Å². The monoisotopic (exact) mass is 203 g/mol. The van der Waals surface area contributed by atoms with Crippen LogP contribution < -0.4 is 5.73 Å². The van der Waals surface area contributed by atoms with Crippen LogP contribution in [0.4, 0.5) is 5.82 Å². The normalized spacial score (nSPS) is 10.5. The van der Waals surface area contributed by atoms with Crippen LogP contribution in [0.5, 0.6) is 0 Å². The second-order valence-electron chi connectivity index (χ2n) is 3.34. The summed E-state index contributed by atoms with van der Waals surface area (Å²) >= 11 is 0. The zero-order chi connectivity index (χ0) is 10.7. The molecule has 1 heterocycles. The molecule has 0 amide bonds. The fraction of sp³-hybridized carbons (Fsp3) is 0.182. The average Bonchev–Trinajstić information content (AvgIpc) is 2.67. The third-order valence-electron chi connectivity index (χ3n) is 2.17. The van der Waals surface area contributed by atoms with Crippen molar-refractivity contribution in [3.05, 3.63) is 35.9 Å². The maximum absolute atomic E-state index is 5.53. The Balaban J connectivity index is 2.23. The molecule has 0 unspecified atom stereocenters. The quantitative estimate of drug-likeness (QED) is 0.799. The third-order valence-corrected chi connectivity index (χ3v) is 2.17. The van der Waals surface area contributed by atoms with E-state index in [1.54, 1.807) is 7.11 Å². The number of methoxy groups -OCH3 is 1. The van der Waals surface area contributed by atoms with E-state index in [0.29, 0.717) is 12.4 Å². The van der Waals surface area contributed by atoms with Gasteiger partial charge in [0.2, 0.25) is 0 Å². The molecule has 0 aliphatic rings. The fourth-order valence-electron chi connectivity index (χ4n) is 1.43. The van der Waals surface area contributed by atoms with Crippen molar-refractivity contribution in [2.24, 2.45) is 0 Å². The van der Waals surface area contributed by atoms with Crippen molar-refractivity contribution in [2.45, 2.75) is 6.61 Å². The second kappa shape index (κ2) is 4.14. The van der Waals surface area contributed by atoms with Crippen LogP contribution in [0.3, 0.4) is 0 Å². The summed E-state index contributed by atoms with van der Waals surface area (Å²) < 4.78 is 5.04. The lowest BCUT2D eigenvalue weighted by Crippen LogP contribution is -1.86. The van der Waals surface area contributed by atoms with Gasteiger partial charge in [-0.2, -0.15) is 5.10 Å². The van der Waals surface area contributed by atoms with E-state index in [4.69, 9.17) is 10.5 Å². The first kappa shape index (κ1) is 9.73. The number of H-pyrrole nitrogens is 1. The molecular weight excluding hydrogens is 190 g/mol. The van der Waals surface area contributed by atoms with Crippen molar-refractivity contribution < 1.29 is 4.74 Å². The van der Waals surface area contributed by atoms with E-state index in [1.165, 1.54) is 0 Å². The van der Waals surface area contributed by atoms with Gasteiger partial charge in [0.05, 0.1) is 12.3 Å². The van der Waals surface area contributed by atoms with Gasteiger partial charge in [-0.05, 0) is 11.1 Å².